The normalized spacial score (nSPS) is 16.2. The standard InChI is InChI=1S/C20H24N2O2/c23-20(24)19-8-6-17(7-9-19)10-11-21-12-14-22(15-13-21)16-18-4-2-1-3-5-18/h1-9H,10-16H2,(H,23,24). The van der Waals surface area contributed by atoms with Crippen molar-refractivity contribution in [2.24, 2.45) is 0 Å². The van der Waals surface area contributed by atoms with Crippen molar-refractivity contribution in [2.75, 3.05) is 32.7 Å². The number of hydrogen-bond acceptors (Lipinski definition) is 3. The maximum absolute atomic E-state index is 10.9. The number of nitrogens with zero attached hydrogens (tertiary/aromatic N) is 2. The smallest absolute Gasteiger partial charge is 0.335 e. The second-order valence-corrected chi connectivity index (χ2v) is 6.36. The van der Waals surface area contributed by atoms with Crippen LogP contribution in [0.3, 0.4) is 0 Å². The van der Waals surface area contributed by atoms with Gasteiger partial charge in [-0.05, 0) is 29.7 Å². The number of benzene rings is 2. The summed E-state index contributed by atoms with van der Waals surface area (Å²) in [5, 5.41) is 8.93. The molecule has 0 spiro atoms. The molecule has 1 N–H and O–H groups in total. The van der Waals surface area contributed by atoms with Gasteiger partial charge in [-0.2, -0.15) is 0 Å². The van der Waals surface area contributed by atoms with E-state index in [1.54, 1.807) is 12.1 Å². The van der Waals surface area contributed by atoms with Crippen molar-refractivity contribution in [1.29, 1.82) is 0 Å². The Balaban J connectivity index is 1.41. The van der Waals surface area contributed by atoms with E-state index in [2.05, 4.69) is 40.1 Å². The molecule has 0 amide bonds. The van der Waals surface area contributed by atoms with Gasteiger partial charge in [0.2, 0.25) is 0 Å². The highest BCUT2D eigenvalue weighted by Crippen LogP contribution is 2.10. The van der Waals surface area contributed by atoms with E-state index in [9.17, 15) is 4.79 Å². The minimum Gasteiger partial charge on any atom is -0.478 e. The van der Waals surface area contributed by atoms with Crippen LogP contribution in [0.15, 0.2) is 54.6 Å². The third-order valence-corrected chi connectivity index (χ3v) is 4.63. The van der Waals surface area contributed by atoms with Gasteiger partial charge in [0.05, 0.1) is 5.56 Å². The Hall–Kier alpha value is -2.17. The second kappa shape index (κ2) is 8.08. The Bertz CT molecular complexity index is 647. The number of rotatable bonds is 6. The summed E-state index contributed by atoms with van der Waals surface area (Å²) in [4.78, 5) is 15.9. The molecule has 0 atom stereocenters. The number of aromatic carboxylic acids is 1. The molecule has 1 saturated heterocycles. The molecule has 126 valence electrons. The van der Waals surface area contributed by atoms with Crippen LogP contribution in [0.1, 0.15) is 21.5 Å². The van der Waals surface area contributed by atoms with Gasteiger partial charge >= 0.3 is 5.97 Å². The van der Waals surface area contributed by atoms with Crippen LogP contribution < -0.4 is 0 Å². The number of carboxylic acids is 1. The molecular weight excluding hydrogens is 300 g/mol. The molecule has 24 heavy (non-hydrogen) atoms. The van der Waals surface area contributed by atoms with Crippen LogP contribution in [-0.2, 0) is 13.0 Å². The largest absolute Gasteiger partial charge is 0.478 e. The Kier molecular flexibility index (Phi) is 5.62. The topological polar surface area (TPSA) is 43.8 Å². The molecule has 1 aliphatic rings. The lowest BCUT2D eigenvalue weighted by Gasteiger charge is -2.34. The predicted molar refractivity (Wildman–Crippen MR) is 95.3 cm³/mol. The van der Waals surface area contributed by atoms with E-state index in [0.717, 1.165) is 45.7 Å². The first-order valence-corrected chi connectivity index (χ1v) is 8.51. The minimum absolute atomic E-state index is 0.355. The summed E-state index contributed by atoms with van der Waals surface area (Å²) < 4.78 is 0. The van der Waals surface area contributed by atoms with E-state index in [4.69, 9.17) is 5.11 Å². The van der Waals surface area contributed by atoms with E-state index in [1.807, 2.05) is 12.1 Å². The Morgan fingerprint density at radius 2 is 1.46 bits per heavy atom. The van der Waals surface area contributed by atoms with Crippen molar-refractivity contribution < 1.29 is 9.90 Å². The average Bonchev–Trinajstić information content (AvgIpc) is 2.62. The van der Waals surface area contributed by atoms with Crippen LogP contribution in [0.25, 0.3) is 0 Å². The predicted octanol–water partition coefficient (Wildman–Crippen LogP) is 2.75. The fraction of sp³-hybridized carbons (Fsp3) is 0.350. The number of hydrogen-bond donors (Lipinski definition) is 1. The summed E-state index contributed by atoms with van der Waals surface area (Å²) in [5.41, 5.74) is 2.93. The summed E-state index contributed by atoms with van der Waals surface area (Å²) in [6.45, 7) is 6.47. The van der Waals surface area contributed by atoms with Gasteiger partial charge in [0.25, 0.3) is 0 Å². The van der Waals surface area contributed by atoms with Gasteiger partial charge in [-0.1, -0.05) is 42.5 Å². The molecule has 2 aromatic rings. The Labute approximate surface area is 143 Å². The van der Waals surface area contributed by atoms with Gasteiger partial charge in [0, 0.05) is 39.3 Å². The van der Waals surface area contributed by atoms with E-state index < -0.39 is 5.97 Å². The first-order chi connectivity index (χ1) is 11.7. The van der Waals surface area contributed by atoms with Crippen LogP contribution >= 0.6 is 0 Å². The van der Waals surface area contributed by atoms with Crippen molar-refractivity contribution in [3.8, 4) is 0 Å². The monoisotopic (exact) mass is 324 g/mol. The molecule has 0 radical (unpaired) electrons. The first-order valence-electron chi connectivity index (χ1n) is 8.51. The van der Waals surface area contributed by atoms with Crippen molar-refractivity contribution in [1.82, 2.24) is 9.80 Å². The van der Waals surface area contributed by atoms with E-state index >= 15 is 0 Å². The van der Waals surface area contributed by atoms with Gasteiger partial charge in [-0.25, -0.2) is 4.79 Å². The molecule has 0 aromatic heterocycles. The number of carboxylic acid groups (broad SMARTS) is 1. The summed E-state index contributed by atoms with van der Waals surface area (Å²) in [5.74, 6) is -0.865. The third kappa shape index (κ3) is 4.66. The molecule has 0 saturated carbocycles. The van der Waals surface area contributed by atoms with E-state index in [1.165, 1.54) is 11.1 Å². The minimum atomic E-state index is -0.865. The summed E-state index contributed by atoms with van der Waals surface area (Å²) in [7, 11) is 0. The Morgan fingerprint density at radius 1 is 0.833 bits per heavy atom. The zero-order chi connectivity index (χ0) is 16.8. The summed E-state index contributed by atoms with van der Waals surface area (Å²) >= 11 is 0. The SMILES string of the molecule is O=C(O)c1ccc(CCN2CCN(Cc3ccccc3)CC2)cc1. The molecule has 4 heteroatoms. The van der Waals surface area contributed by atoms with Crippen molar-refractivity contribution in [2.45, 2.75) is 13.0 Å². The lowest BCUT2D eigenvalue weighted by atomic mass is 10.1. The first kappa shape index (κ1) is 16.7. The molecule has 2 aromatic carbocycles. The van der Waals surface area contributed by atoms with Crippen LogP contribution in [0.5, 0.6) is 0 Å². The van der Waals surface area contributed by atoms with Crippen molar-refractivity contribution in [3.63, 3.8) is 0 Å². The summed E-state index contributed by atoms with van der Waals surface area (Å²) in [6, 6.07) is 17.9. The van der Waals surface area contributed by atoms with Gasteiger partial charge in [0.15, 0.2) is 0 Å². The fourth-order valence-electron chi connectivity index (χ4n) is 3.11. The molecular formula is C20H24N2O2. The molecule has 3 rings (SSSR count). The lowest BCUT2D eigenvalue weighted by molar-refractivity contribution is 0.0697. The van der Waals surface area contributed by atoms with Crippen LogP contribution in [0.4, 0.5) is 0 Å². The summed E-state index contributed by atoms with van der Waals surface area (Å²) in [6.07, 6.45) is 0.971. The van der Waals surface area contributed by atoms with Gasteiger partial charge in [-0.15, -0.1) is 0 Å². The molecule has 1 heterocycles. The molecule has 4 nitrogen and oxygen atoms in total. The quantitative estimate of drug-likeness (QED) is 0.887. The van der Waals surface area contributed by atoms with Crippen LogP contribution in [0.2, 0.25) is 0 Å². The van der Waals surface area contributed by atoms with E-state index in [0.29, 0.717) is 5.56 Å². The molecule has 1 fully saturated rings. The molecule has 1 aliphatic heterocycles. The number of carbonyl (C=O) groups is 1. The highest BCUT2D eigenvalue weighted by molar-refractivity contribution is 5.87. The van der Waals surface area contributed by atoms with Crippen LogP contribution in [0, 0.1) is 0 Å². The molecule has 0 aliphatic carbocycles. The third-order valence-electron chi connectivity index (χ3n) is 4.63. The zero-order valence-electron chi connectivity index (χ0n) is 13.9. The zero-order valence-corrected chi connectivity index (χ0v) is 13.9. The highest BCUT2D eigenvalue weighted by Gasteiger charge is 2.16. The fourth-order valence-corrected chi connectivity index (χ4v) is 3.11. The number of piperazine rings is 1. The lowest BCUT2D eigenvalue weighted by Crippen LogP contribution is -2.46. The van der Waals surface area contributed by atoms with Gasteiger partial charge in [0.1, 0.15) is 0 Å². The highest BCUT2D eigenvalue weighted by atomic mass is 16.4. The van der Waals surface area contributed by atoms with Crippen molar-refractivity contribution >= 4 is 5.97 Å². The Morgan fingerprint density at radius 3 is 2.08 bits per heavy atom. The maximum Gasteiger partial charge on any atom is 0.335 e. The average molecular weight is 324 g/mol. The molecule has 0 bridgehead atoms. The molecule has 0 unspecified atom stereocenters. The van der Waals surface area contributed by atoms with Crippen LogP contribution in [-0.4, -0.2) is 53.6 Å². The second-order valence-electron chi connectivity index (χ2n) is 6.36. The maximum atomic E-state index is 10.9. The van der Waals surface area contributed by atoms with Gasteiger partial charge < -0.3 is 10.0 Å². The van der Waals surface area contributed by atoms with Gasteiger partial charge in [-0.3, -0.25) is 4.90 Å². The van der Waals surface area contributed by atoms with E-state index in [-0.39, 0.29) is 0 Å². The van der Waals surface area contributed by atoms with Crippen molar-refractivity contribution in [3.05, 3.63) is 71.3 Å².